The Bertz CT molecular complexity index is 592. The Morgan fingerprint density at radius 2 is 2.20 bits per heavy atom. The topological polar surface area (TPSA) is 24.9 Å². The first-order valence-electron chi connectivity index (χ1n) is 6.38. The van der Waals surface area contributed by atoms with E-state index in [0.29, 0.717) is 5.02 Å². The fourth-order valence-corrected chi connectivity index (χ4v) is 3.16. The van der Waals surface area contributed by atoms with Crippen molar-refractivity contribution in [1.82, 2.24) is 10.3 Å². The van der Waals surface area contributed by atoms with Gasteiger partial charge in [-0.15, -0.1) is 0 Å². The first-order valence-corrected chi connectivity index (χ1v) is 7.84. The van der Waals surface area contributed by atoms with Crippen molar-refractivity contribution in [2.75, 3.05) is 6.54 Å². The van der Waals surface area contributed by atoms with E-state index in [1.165, 1.54) is 6.07 Å². The zero-order chi connectivity index (χ0) is 14.5. The number of hydrogen-bond acceptors (Lipinski definition) is 2. The molecular formula is C15H15ClFIN2. The maximum absolute atomic E-state index is 13.2. The first kappa shape index (κ1) is 15.7. The van der Waals surface area contributed by atoms with Crippen molar-refractivity contribution in [3.8, 4) is 0 Å². The molecule has 1 atom stereocenters. The van der Waals surface area contributed by atoms with E-state index in [4.69, 9.17) is 11.6 Å². The zero-order valence-corrected chi connectivity index (χ0v) is 14.0. The van der Waals surface area contributed by atoms with Gasteiger partial charge in [0.2, 0.25) is 0 Å². The van der Waals surface area contributed by atoms with Crippen LogP contribution in [-0.2, 0) is 6.42 Å². The number of hydrogen-bond donors (Lipinski definition) is 1. The zero-order valence-electron chi connectivity index (χ0n) is 11.0. The lowest BCUT2D eigenvalue weighted by atomic mass is 9.99. The third kappa shape index (κ3) is 3.90. The summed E-state index contributed by atoms with van der Waals surface area (Å²) in [7, 11) is 0. The van der Waals surface area contributed by atoms with Gasteiger partial charge >= 0.3 is 0 Å². The standard InChI is InChI=1S/C15H15ClFIN2/c1-2-20-15(7-10-5-6-19-9-13(10)16)12-4-3-11(17)8-14(12)18/h3-6,8-9,15,20H,2,7H2,1H3. The molecule has 2 aromatic rings. The predicted molar refractivity (Wildman–Crippen MR) is 88.5 cm³/mol. The highest BCUT2D eigenvalue weighted by molar-refractivity contribution is 14.1. The molecule has 0 radical (unpaired) electrons. The van der Waals surface area contributed by atoms with E-state index in [-0.39, 0.29) is 11.9 Å². The third-order valence-electron chi connectivity index (χ3n) is 3.07. The van der Waals surface area contributed by atoms with Crippen LogP contribution in [0.1, 0.15) is 24.1 Å². The number of benzene rings is 1. The number of nitrogens with zero attached hydrogens (tertiary/aromatic N) is 1. The predicted octanol–water partition coefficient (Wildman–Crippen LogP) is 4.37. The average molecular weight is 405 g/mol. The summed E-state index contributed by atoms with van der Waals surface area (Å²) in [6.07, 6.45) is 4.13. The van der Waals surface area contributed by atoms with E-state index >= 15 is 0 Å². The Morgan fingerprint density at radius 3 is 2.85 bits per heavy atom. The van der Waals surface area contributed by atoms with Crippen LogP contribution in [0.4, 0.5) is 4.39 Å². The van der Waals surface area contributed by atoms with E-state index in [1.807, 2.05) is 12.1 Å². The first-order chi connectivity index (χ1) is 9.61. The number of pyridine rings is 1. The molecule has 1 aromatic carbocycles. The van der Waals surface area contributed by atoms with Crippen LogP contribution in [0.3, 0.4) is 0 Å². The van der Waals surface area contributed by atoms with E-state index in [2.05, 4.69) is 39.8 Å². The minimum absolute atomic E-state index is 0.104. The molecule has 0 amide bonds. The summed E-state index contributed by atoms with van der Waals surface area (Å²) in [5.41, 5.74) is 2.12. The normalized spacial score (nSPS) is 12.4. The van der Waals surface area contributed by atoms with Gasteiger partial charge < -0.3 is 5.32 Å². The molecule has 20 heavy (non-hydrogen) atoms. The lowest BCUT2D eigenvalue weighted by molar-refractivity contribution is 0.544. The second kappa shape index (κ2) is 7.33. The largest absolute Gasteiger partial charge is 0.310 e. The van der Waals surface area contributed by atoms with Gasteiger partial charge in [-0.05, 0) is 64.9 Å². The van der Waals surface area contributed by atoms with Crippen molar-refractivity contribution >= 4 is 34.2 Å². The molecule has 0 bridgehead atoms. The van der Waals surface area contributed by atoms with Gasteiger partial charge in [-0.25, -0.2) is 4.39 Å². The van der Waals surface area contributed by atoms with Crippen LogP contribution in [-0.4, -0.2) is 11.5 Å². The van der Waals surface area contributed by atoms with Gasteiger partial charge in [0.25, 0.3) is 0 Å². The van der Waals surface area contributed by atoms with E-state index in [9.17, 15) is 4.39 Å². The SMILES string of the molecule is CCNC(Cc1ccncc1Cl)c1ccc(F)cc1I. The number of nitrogens with one attached hydrogen (secondary N) is 1. The molecule has 0 aliphatic rings. The summed E-state index contributed by atoms with van der Waals surface area (Å²) in [6, 6.07) is 6.90. The van der Waals surface area contributed by atoms with Gasteiger partial charge in [-0.2, -0.15) is 0 Å². The molecule has 1 N–H and O–H groups in total. The van der Waals surface area contributed by atoms with Crippen molar-refractivity contribution in [2.45, 2.75) is 19.4 Å². The lowest BCUT2D eigenvalue weighted by Gasteiger charge is -2.20. The Hall–Kier alpha value is -0.720. The van der Waals surface area contributed by atoms with E-state index < -0.39 is 0 Å². The van der Waals surface area contributed by atoms with Crippen LogP contribution in [0, 0.1) is 9.39 Å². The molecule has 0 saturated heterocycles. The minimum Gasteiger partial charge on any atom is -0.310 e. The number of rotatable bonds is 5. The van der Waals surface area contributed by atoms with Gasteiger partial charge in [0, 0.05) is 22.0 Å². The van der Waals surface area contributed by atoms with Crippen LogP contribution in [0.15, 0.2) is 36.7 Å². The molecule has 1 heterocycles. The van der Waals surface area contributed by atoms with Crippen molar-refractivity contribution in [2.24, 2.45) is 0 Å². The molecule has 2 rings (SSSR count). The van der Waals surface area contributed by atoms with Gasteiger partial charge in [0.1, 0.15) is 5.82 Å². The molecule has 0 fully saturated rings. The second-order valence-corrected chi connectivity index (χ2v) is 6.02. The van der Waals surface area contributed by atoms with Crippen LogP contribution >= 0.6 is 34.2 Å². The maximum Gasteiger partial charge on any atom is 0.124 e. The summed E-state index contributed by atoms with van der Waals surface area (Å²) in [4.78, 5) is 4.00. The van der Waals surface area contributed by atoms with Crippen LogP contribution in [0.5, 0.6) is 0 Å². The van der Waals surface area contributed by atoms with Crippen LogP contribution < -0.4 is 5.32 Å². The Balaban J connectivity index is 2.29. The van der Waals surface area contributed by atoms with Gasteiger partial charge in [-0.3, -0.25) is 4.98 Å². The van der Waals surface area contributed by atoms with Crippen molar-refractivity contribution in [1.29, 1.82) is 0 Å². The van der Waals surface area contributed by atoms with Gasteiger partial charge in [0.15, 0.2) is 0 Å². The highest BCUT2D eigenvalue weighted by atomic mass is 127. The van der Waals surface area contributed by atoms with Gasteiger partial charge in [-0.1, -0.05) is 24.6 Å². The molecule has 106 valence electrons. The van der Waals surface area contributed by atoms with Crippen LogP contribution in [0.2, 0.25) is 5.02 Å². The van der Waals surface area contributed by atoms with E-state index in [1.54, 1.807) is 18.5 Å². The Labute approximate surface area is 136 Å². The third-order valence-corrected chi connectivity index (χ3v) is 4.34. The quantitative estimate of drug-likeness (QED) is 0.749. The fourth-order valence-electron chi connectivity index (χ4n) is 2.11. The molecule has 2 nitrogen and oxygen atoms in total. The molecule has 1 aromatic heterocycles. The lowest BCUT2D eigenvalue weighted by Crippen LogP contribution is -2.24. The highest BCUT2D eigenvalue weighted by Gasteiger charge is 2.16. The summed E-state index contributed by atoms with van der Waals surface area (Å²) >= 11 is 8.34. The molecule has 0 saturated carbocycles. The molecule has 0 aliphatic heterocycles. The fraction of sp³-hybridized carbons (Fsp3) is 0.267. The molecule has 1 unspecified atom stereocenters. The molecule has 0 aliphatic carbocycles. The van der Waals surface area contributed by atoms with Crippen molar-refractivity contribution in [3.05, 3.63) is 62.2 Å². The average Bonchev–Trinajstić information content (AvgIpc) is 2.41. The number of aromatic nitrogens is 1. The van der Waals surface area contributed by atoms with Crippen molar-refractivity contribution < 1.29 is 4.39 Å². The summed E-state index contributed by atoms with van der Waals surface area (Å²) in [5, 5.41) is 4.09. The number of likely N-dealkylation sites (N-methyl/N-ethyl adjacent to an activating group) is 1. The Morgan fingerprint density at radius 1 is 1.40 bits per heavy atom. The molecular weight excluding hydrogens is 390 g/mol. The summed E-state index contributed by atoms with van der Waals surface area (Å²) in [5.74, 6) is -0.213. The maximum atomic E-state index is 13.2. The summed E-state index contributed by atoms with van der Waals surface area (Å²) < 4.78 is 14.1. The summed E-state index contributed by atoms with van der Waals surface area (Å²) in [6.45, 7) is 2.89. The van der Waals surface area contributed by atoms with Crippen molar-refractivity contribution in [3.63, 3.8) is 0 Å². The van der Waals surface area contributed by atoms with Gasteiger partial charge in [0.05, 0.1) is 5.02 Å². The smallest absolute Gasteiger partial charge is 0.124 e. The van der Waals surface area contributed by atoms with E-state index in [0.717, 1.165) is 27.7 Å². The highest BCUT2D eigenvalue weighted by Crippen LogP contribution is 2.26. The van der Waals surface area contributed by atoms with Crippen LogP contribution in [0.25, 0.3) is 0 Å². The molecule has 0 spiro atoms. The number of halogens is 3. The Kier molecular flexibility index (Phi) is 5.74. The minimum atomic E-state index is -0.213. The monoisotopic (exact) mass is 404 g/mol. The second-order valence-electron chi connectivity index (χ2n) is 4.45. The molecule has 5 heteroatoms.